The summed E-state index contributed by atoms with van der Waals surface area (Å²) in [7, 11) is 0. The zero-order valence-electron chi connectivity index (χ0n) is 16.5. The Bertz CT molecular complexity index is 1370. The van der Waals surface area contributed by atoms with Gasteiger partial charge < -0.3 is 4.42 Å². The second-order valence-electron chi connectivity index (χ2n) is 7.57. The molecule has 0 saturated heterocycles. The van der Waals surface area contributed by atoms with Crippen LogP contribution in [0.4, 0.5) is 5.69 Å². The first-order valence-electron chi connectivity index (χ1n) is 9.67. The first-order chi connectivity index (χ1) is 14.5. The van der Waals surface area contributed by atoms with Gasteiger partial charge in [-0.2, -0.15) is 0 Å². The molecule has 0 saturated carbocycles. The molecule has 3 aromatic carbocycles. The number of aryl methyl sites for hydroxylation is 2. The van der Waals surface area contributed by atoms with Crippen molar-refractivity contribution in [2.24, 2.45) is 0 Å². The molecule has 1 atom stereocenters. The van der Waals surface area contributed by atoms with Crippen molar-refractivity contribution in [3.63, 3.8) is 0 Å². The van der Waals surface area contributed by atoms with Crippen molar-refractivity contribution in [3.8, 4) is 0 Å². The Balaban J connectivity index is 1.85. The molecule has 0 aliphatic carbocycles. The number of hydrogen-bond donors (Lipinski definition) is 0. The zero-order valence-corrected chi connectivity index (χ0v) is 17.2. The first-order valence-corrected chi connectivity index (χ1v) is 10.1. The fourth-order valence-corrected chi connectivity index (χ4v) is 4.27. The maximum absolute atomic E-state index is 13.6. The molecule has 1 aliphatic heterocycles. The van der Waals surface area contributed by atoms with Gasteiger partial charge in [0.25, 0.3) is 5.91 Å². The Hall–Kier alpha value is -3.37. The van der Waals surface area contributed by atoms with Crippen molar-refractivity contribution in [1.82, 2.24) is 0 Å². The largest absolute Gasteiger partial charge is 0.450 e. The van der Waals surface area contributed by atoms with Crippen LogP contribution in [0.1, 0.15) is 38.9 Å². The smallest absolute Gasteiger partial charge is 0.295 e. The number of benzene rings is 3. The number of carbonyl (C=O) groups is 1. The number of halogens is 1. The SMILES string of the molecule is Cc1cc2oc3c(c(=O)c2cc1C)C(c1cccc(Cl)c1)N(c1ccccc1)C3=O. The van der Waals surface area contributed by atoms with Crippen LogP contribution in [0.5, 0.6) is 0 Å². The summed E-state index contributed by atoms with van der Waals surface area (Å²) in [5, 5.41) is 1.02. The molecule has 1 aromatic heterocycles. The highest BCUT2D eigenvalue weighted by atomic mass is 35.5. The van der Waals surface area contributed by atoms with E-state index in [1.807, 2.05) is 68.4 Å². The van der Waals surface area contributed by atoms with Gasteiger partial charge >= 0.3 is 0 Å². The second kappa shape index (κ2) is 6.85. The van der Waals surface area contributed by atoms with Crippen molar-refractivity contribution >= 4 is 34.2 Å². The van der Waals surface area contributed by atoms with Gasteiger partial charge in [-0.05, 0) is 66.9 Å². The number of amides is 1. The normalized spacial score (nSPS) is 15.6. The monoisotopic (exact) mass is 415 g/mol. The van der Waals surface area contributed by atoms with Gasteiger partial charge in [-0.15, -0.1) is 0 Å². The summed E-state index contributed by atoms with van der Waals surface area (Å²) in [6, 6.07) is 19.6. The molecule has 1 unspecified atom stereocenters. The van der Waals surface area contributed by atoms with Crippen LogP contribution in [0.25, 0.3) is 11.0 Å². The van der Waals surface area contributed by atoms with Gasteiger partial charge in [-0.25, -0.2) is 0 Å². The third kappa shape index (κ3) is 2.76. The average molecular weight is 416 g/mol. The van der Waals surface area contributed by atoms with Gasteiger partial charge in [-0.3, -0.25) is 14.5 Å². The average Bonchev–Trinajstić information content (AvgIpc) is 3.03. The van der Waals surface area contributed by atoms with Gasteiger partial charge in [0, 0.05) is 10.7 Å². The van der Waals surface area contributed by atoms with E-state index in [9.17, 15) is 9.59 Å². The van der Waals surface area contributed by atoms with Gasteiger partial charge in [0.15, 0.2) is 5.43 Å². The second-order valence-corrected chi connectivity index (χ2v) is 8.01. The first kappa shape index (κ1) is 18.6. The topological polar surface area (TPSA) is 50.5 Å². The van der Waals surface area contributed by atoms with Crippen LogP contribution in [-0.4, -0.2) is 5.91 Å². The highest BCUT2D eigenvalue weighted by molar-refractivity contribution is 6.30. The van der Waals surface area contributed by atoms with E-state index >= 15 is 0 Å². The van der Waals surface area contributed by atoms with Crippen LogP contribution in [0.2, 0.25) is 5.02 Å². The molecule has 0 N–H and O–H groups in total. The third-order valence-corrected chi connectivity index (χ3v) is 5.92. The molecule has 148 valence electrons. The van der Waals surface area contributed by atoms with Crippen LogP contribution < -0.4 is 10.3 Å². The number of anilines is 1. The van der Waals surface area contributed by atoms with Gasteiger partial charge in [0.2, 0.25) is 5.76 Å². The lowest BCUT2D eigenvalue weighted by Gasteiger charge is -2.25. The molecule has 5 rings (SSSR count). The van der Waals surface area contributed by atoms with E-state index in [0.717, 1.165) is 16.7 Å². The Morgan fingerprint density at radius 3 is 2.37 bits per heavy atom. The molecule has 5 heteroatoms. The number of hydrogen-bond acceptors (Lipinski definition) is 3. The van der Waals surface area contributed by atoms with Gasteiger partial charge in [-0.1, -0.05) is 41.9 Å². The minimum Gasteiger partial charge on any atom is -0.450 e. The molecule has 4 nitrogen and oxygen atoms in total. The van der Waals surface area contributed by atoms with Crippen LogP contribution in [-0.2, 0) is 0 Å². The van der Waals surface area contributed by atoms with E-state index in [1.54, 1.807) is 17.0 Å². The van der Waals surface area contributed by atoms with Crippen molar-refractivity contribution < 1.29 is 9.21 Å². The Morgan fingerprint density at radius 2 is 1.63 bits per heavy atom. The lowest BCUT2D eigenvalue weighted by Crippen LogP contribution is -2.29. The van der Waals surface area contributed by atoms with E-state index in [0.29, 0.717) is 27.2 Å². The highest BCUT2D eigenvalue weighted by Crippen LogP contribution is 2.41. The summed E-state index contributed by atoms with van der Waals surface area (Å²) >= 11 is 6.25. The fraction of sp³-hybridized carbons (Fsp3) is 0.120. The minimum absolute atomic E-state index is 0.0876. The summed E-state index contributed by atoms with van der Waals surface area (Å²) in [6.07, 6.45) is 0. The third-order valence-electron chi connectivity index (χ3n) is 5.69. The van der Waals surface area contributed by atoms with E-state index in [-0.39, 0.29) is 17.1 Å². The van der Waals surface area contributed by atoms with Crippen molar-refractivity contribution in [2.45, 2.75) is 19.9 Å². The maximum atomic E-state index is 13.6. The molecule has 4 aromatic rings. The van der Waals surface area contributed by atoms with E-state index < -0.39 is 6.04 Å². The molecule has 1 aliphatic rings. The summed E-state index contributed by atoms with van der Waals surface area (Å²) in [5.74, 6) is -0.247. The van der Waals surface area contributed by atoms with Gasteiger partial charge in [0.05, 0.1) is 17.0 Å². The molecule has 1 amide bonds. The van der Waals surface area contributed by atoms with E-state index in [1.165, 1.54) is 0 Å². The zero-order chi connectivity index (χ0) is 21.0. The number of carbonyl (C=O) groups excluding carboxylic acids is 1. The summed E-state index contributed by atoms with van der Waals surface area (Å²) < 4.78 is 6.04. The van der Waals surface area contributed by atoms with Crippen LogP contribution >= 0.6 is 11.6 Å². The molecule has 0 fully saturated rings. The predicted octanol–water partition coefficient (Wildman–Crippen LogP) is 5.81. The Labute approximate surface area is 178 Å². The van der Waals surface area contributed by atoms with Crippen LogP contribution in [0, 0.1) is 13.8 Å². The molecule has 30 heavy (non-hydrogen) atoms. The molecular weight excluding hydrogens is 398 g/mol. The number of rotatable bonds is 2. The number of fused-ring (bicyclic) bond motifs is 2. The number of nitrogens with zero attached hydrogens (tertiary/aromatic N) is 1. The molecule has 0 bridgehead atoms. The molecule has 2 heterocycles. The molecule has 0 spiro atoms. The van der Waals surface area contributed by atoms with Crippen LogP contribution in [0.3, 0.4) is 0 Å². The lowest BCUT2D eigenvalue weighted by atomic mass is 9.97. The lowest BCUT2D eigenvalue weighted by molar-refractivity contribution is 0.0971. The van der Waals surface area contributed by atoms with E-state index in [2.05, 4.69) is 0 Å². The van der Waals surface area contributed by atoms with E-state index in [4.69, 9.17) is 16.0 Å². The van der Waals surface area contributed by atoms with Crippen molar-refractivity contribution in [1.29, 1.82) is 0 Å². The quantitative estimate of drug-likeness (QED) is 0.415. The Kier molecular flexibility index (Phi) is 4.26. The fourth-order valence-electron chi connectivity index (χ4n) is 4.08. The minimum atomic E-state index is -0.615. The summed E-state index contributed by atoms with van der Waals surface area (Å²) in [4.78, 5) is 28.7. The standard InChI is InChI=1S/C25H18ClNO3/c1-14-11-19-20(12-15(14)2)30-24-21(23(19)28)22(16-7-6-8-17(26)13-16)27(25(24)29)18-9-4-3-5-10-18/h3-13,22H,1-2H3. The predicted molar refractivity (Wildman–Crippen MR) is 119 cm³/mol. The molecule has 0 radical (unpaired) electrons. The summed E-state index contributed by atoms with van der Waals surface area (Å²) in [6.45, 7) is 3.91. The Morgan fingerprint density at radius 1 is 0.900 bits per heavy atom. The maximum Gasteiger partial charge on any atom is 0.295 e. The summed E-state index contributed by atoms with van der Waals surface area (Å²) in [5.41, 5.74) is 4.03. The van der Waals surface area contributed by atoms with Crippen molar-refractivity contribution in [3.05, 3.63) is 110 Å². The van der Waals surface area contributed by atoms with Crippen molar-refractivity contribution in [2.75, 3.05) is 4.90 Å². The molecular formula is C25H18ClNO3. The van der Waals surface area contributed by atoms with Gasteiger partial charge in [0.1, 0.15) is 5.58 Å². The highest BCUT2D eigenvalue weighted by Gasteiger charge is 2.43. The number of para-hydroxylation sites is 1. The van der Waals surface area contributed by atoms with Crippen LogP contribution in [0.15, 0.2) is 75.9 Å².